The van der Waals surface area contributed by atoms with E-state index < -0.39 is 29.4 Å². The summed E-state index contributed by atoms with van der Waals surface area (Å²) in [6.07, 6.45) is 0.377. The lowest BCUT2D eigenvalue weighted by Crippen LogP contribution is -2.57. The highest BCUT2D eigenvalue weighted by molar-refractivity contribution is 6.30. The largest absolute Gasteiger partial charge is 0.480 e. The molecule has 0 aliphatic carbocycles. The number of piperidine rings is 1. The van der Waals surface area contributed by atoms with Gasteiger partial charge in [0.25, 0.3) is 0 Å². The van der Waals surface area contributed by atoms with Crippen molar-refractivity contribution >= 4 is 41.0 Å². The number of benzene rings is 2. The second-order valence-corrected chi connectivity index (χ2v) is 9.52. The van der Waals surface area contributed by atoms with Gasteiger partial charge in [-0.3, -0.25) is 9.59 Å². The molecule has 0 saturated carbocycles. The molecule has 2 aromatic rings. The van der Waals surface area contributed by atoms with Crippen LogP contribution in [0.15, 0.2) is 48.5 Å². The Morgan fingerprint density at radius 3 is 2.36 bits per heavy atom. The molecule has 1 N–H and O–H groups in total. The molecule has 1 saturated heterocycles. The highest BCUT2D eigenvalue weighted by Gasteiger charge is 2.53. The van der Waals surface area contributed by atoms with Crippen LogP contribution in [-0.4, -0.2) is 41.0 Å². The molecule has 1 fully saturated rings. The Balaban J connectivity index is 2.25. The number of halogens is 2. The molecule has 1 heterocycles. The van der Waals surface area contributed by atoms with E-state index in [-0.39, 0.29) is 24.7 Å². The van der Waals surface area contributed by atoms with Gasteiger partial charge in [-0.2, -0.15) is 0 Å². The van der Waals surface area contributed by atoms with Crippen LogP contribution in [0.5, 0.6) is 0 Å². The molecule has 0 aromatic heterocycles. The van der Waals surface area contributed by atoms with Crippen molar-refractivity contribution in [1.29, 1.82) is 0 Å². The Hall–Kier alpha value is -2.57. The molecule has 33 heavy (non-hydrogen) atoms. The molecule has 176 valence electrons. The number of carboxylic acids is 1. The lowest BCUT2D eigenvalue weighted by atomic mass is 9.67. The maximum atomic E-state index is 13.9. The van der Waals surface area contributed by atoms with Crippen molar-refractivity contribution in [3.63, 3.8) is 0 Å². The summed E-state index contributed by atoms with van der Waals surface area (Å²) in [5.41, 5.74) is 0.472. The van der Waals surface area contributed by atoms with Crippen LogP contribution in [0.1, 0.15) is 56.2 Å². The average Bonchev–Trinajstić information content (AvgIpc) is 2.77. The number of nitrogens with zero attached hydrogens (tertiary/aromatic N) is 1. The molecule has 8 heteroatoms. The topological polar surface area (TPSA) is 83.9 Å². The first-order valence-corrected chi connectivity index (χ1v) is 11.5. The molecule has 3 rings (SSSR count). The first kappa shape index (κ1) is 25.1. The van der Waals surface area contributed by atoms with Gasteiger partial charge in [-0.05, 0) is 48.2 Å². The number of aliphatic carboxylic acids is 1. The molecule has 0 spiro atoms. The number of hydrogen-bond donors (Lipinski definition) is 1. The van der Waals surface area contributed by atoms with Crippen LogP contribution in [-0.2, 0) is 19.1 Å². The van der Waals surface area contributed by atoms with Crippen LogP contribution in [0.3, 0.4) is 0 Å². The van der Waals surface area contributed by atoms with Gasteiger partial charge in [-0.1, -0.05) is 61.3 Å². The maximum absolute atomic E-state index is 13.9. The van der Waals surface area contributed by atoms with Crippen LogP contribution in [0.25, 0.3) is 0 Å². The van der Waals surface area contributed by atoms with Gasteiger partial charge in [0, 0.05) is 16.0 Å². The van der Waals surface area contributed by atoms with Gasteiger partial charge in [0.05, 0.1) is 25.0 Å². The number of likely N-dealkylation sites (tertiary alicyclic amines) is 1. The van der Waals surface area contributed by atoms with Gasteiger partial charge in [0.1, 0.15) is 6.04 Å². The molecular weight excluding hydrogens is 465 g/mol. The van der Waals surface area contributed by atoms with Crippen molar-refractivity contribution in [3.05, 3.63) is 69.7 Å². The van der Waals surface area contributed by atoms with Crippen LogP contribution in [0.2, 0.25) is 10.0 Å². The highest BCUT2D eigenvalue weighted by Crippen LogP contribution is 2.52. The number of rotatable bonds is 7. The van der Waals surface area contributed by atoms with Crippen LogP contribution in [0, 0.1) is 5.41 Å². The Labute approximate surface area is 203 Å². The van der Waals surface area contributed by atoms with E-state index in [1.165, 1.54) is 12.0 Å². The number of carbonyl (C=O) groups is 3. The minimum Gasteiger partial charge on any atom is -0.480 e. The molecule has 1 aliphatic rings. The van der Waals surface area contributed by atoms with Gasteiger partial charge in [-0.15, -0.1) is 0 Å². The van der Waals surface area contributed by atoms with Crippen molar-refractivity contribution in [3.8, 4) is 0 Å². The number of hydrogen-bond acceptors (Lipinski definition) is 4. The van der Waals surface area contributed by atoms with Crippen LogP contribution in [0.4, 0.5) is 0 Å². The van der Waals surface area contributed by atoms with E-state index in [2.05, 4.69) is 0 Å². The number of methoxy groups -OCH3 is 1. The minimum absolute atomic E-state index is 0.153. The smallest absolute Gasteiger partial charge is 0.326 e. The zero-order valence-corrected chi connectivity index (χ0v) is 20.3. The summed E-state index contributed by atoms with van der Waals surface area (Å²) in [6, 6.07) is 12.7. The fourth-order valence-corrected chi connectivity index (χ4v) is 5.10. The van der Waals surface area contributed by atoms with Gasteiger partial charge in [0.2, 0.25) is 5.91 Å². The molecule has 1 aliphatic heterocycles. The number of ether oxygens (including phenoxy) is 1. The van der Waals surface area contributed by atoms with Gasteiger partial charge in [-0.25, -0.2) is 4.79 Å². The zero-order chi connectivity index (χ0) is 24.3. The molecule has 1 unspecified atom stereocenters. The Morgan fingerprint density at radius 1 is 1.15 bits per heavy atom. The molecule has 0 radical (unpaired) electrons. The summed E-state index contributed by atoms with van der Waals surface area (Å²) in [5, 5.41) is 11.1. The van der Waals surface area contributed by atoms with Crippen molar-refractivity contribution in [2.45, 2.75) is 51.1 Å². The Bertz CT molecular complexity index is 1040. The van der Waals surface area contributed by atoms with Gasteiger partial charge >= 0.3 is 11.9 Å². The first-order chi connectivity index (χ1) is 15.6. The molecule has 1 amide bonds. The van der Waals surface area contributed by atoms with Crippen LogP contribution < -0.4 is 0 Å². The van der Waals surface area contributed by atoms with Gasteiger partial charge < -0.3 is 14.7 Å². The molecular formula is C25H27Cl2NO5. The lowest BCUT2D eigenvalue weighted by molar-refractivity contribution is -0.167. The summed E-state index contributed by atoms with van der Waals surface area (Å²) in [6.45, 7) is 3.43. The van der Waals surface area contributed by atoms with Crippen molar-refractivity contribution in [2.75, 3.05) is 7.11 Å². The fourth-order valence-electron chi connectivity index (χ4n) is 4.77. The number of carboxylic acid groups (broad SMARTS) is 1. The second kappa shape index (κ2) is 10.1. The first-order valence-electron chi connectivity index (χ1n) is 10.7. The summed E-state index contributed by atoms with van der Waals surface area (Å²) >= 11 is 12.4. The SMILES string of the molecule is CCC(C(=O)O)N1C(=O)[C@@](C)(CC(=O)OC)C[C@H](c2cccc(Cl)c2)[C@H]1c1ccc(Cl)cc1. The summed E-state index contributed by atoms with van der Waals surface area (Å²) < 4.78 is 4.86. The number of esters is 1. The molecule has 6 nitrogen and oxygen atoms in total. The quantitative estimate of drug-likeness (QED) is 0.518. The predicted molar refractivity (Wildman–Crippen MR) is 126 cm³/mol. The van der Waals surface area contributed by atoms with Gasteiger partial charge in [0.15, 0.2) is 0 Å². The monoisotopic (exact) mass is 491 g/mol. The van der Waals surface area contributed by atoms with E-state index in [4.69, 9.17) is 27.9 Å². The average molecular weight is 492 g/mol. The zero-order valence-electron chi connectivity index (χ0n) is 18.8. The second-order valence-electron chi connectivity index (χ2n) is 8.65. The van der Waals surface area contributed by atoms with E-state index >= 15 is 0 Å². The van der Waals surface area contributed by atoms with E-state index in [1.807, 2.05) is 30.3 Å². The normalized spacial score (nSPS) is 23.8. The third-order valence-electron chi connectivity index (χ3n) is 6.36. The molecule has 0 bridgehead atoms. The van der Waals surface area contributed by atoms with Crippen molar-refractivity contribution < 1.29 is 24.2 Å². The predicted octanol–water partition coefficient (Wildman–Crippen LogP) is 5.48. The van der Waals surface area contributed by atoms with E-state index in [0.717, 1.165) is 11.1 Å². The summed E-state index contributed by atoms with van der Waals surface area (Å²) in [4.78, 5) is 39.9. The lowest BCUT2D eigenvalue weighted by Gasteiger charge is -2.51. The third kappa shape index (κ3) is 5.17. The molecule has 4 atom stereocenters. The Kier molecular flexibility index (Phi) is 7.70. The maximum Gasteiger partial charge on any atom is 0.326 e. The molecule has 2 aromatic carbocycles. The Morgan fingerprint density at radius 2 is 1.82 bits per heavy atom. The minimum atomic E-state index is -1.15. The summed E-state index contributed by atoms with van der Waals surface area (Å²) in [7, 11) is 1.27. The van der Waals surface area contributed by atoms with E-state index in [9.17, 15) is 19.5 Å². The summed E-state index contributed by atoms with van der Waals surface area (Å²) in [5.74, 6) is -2.33. The van der Waals surface area contributed by atoms with Crippen LogP contribution >= 0.6 is 23.2 Å². The standard InChI is InChI=1S/C25H27Cl2NO5/c1-4-20(23(30)31)28-22(15-8-10-17(26)11-9-15)19(16-6-5-7-18(27)12-16)13-25(2,24(28)32)14-21(29)33-3/h5-12,19-20,22H,4,13-14H2,1-3H3,(H,30,31)/t19-,20?,22-,25-/m1/s1. The third-order valence-corrected chi connectivity index (χ3v) is 6.85. The van der Waals surface area contributed by atoms with E-state index in [0.29, 0.717) is 16.5 Å². The van der Waals surface area contributed by atoms with E-state index in [1.54, 1.807) is 32.0 Å². The number of amides is 1. The number of carbonyl (C=O) groups excluding carboxylic acids is 2. The fraction of sp³-hybridized carbons (Fsp3) is 0.400. The highest BCUT2D eigenvalue weighted by atomic mass is 35.5. The van der Waals surface area contributed by atoms with Crippen molar-refractivity contribution in [1.82, 2.24) is 4.90 Å². The van der Waals surface area contributed by atoms with Crippen molar-refractivity contribution in [2.24, 2.45) is 5.41 Å².